The number of carbonyl (C=O) groups excluding carboxylic acids is 3. The maximum absolute atomic E-state index is 11.6. The van der Waals surface area contributed by atoms with Crippen molar-refractivity contribution in [3.8, 4) is 0 Å². The Balaban J connectivity index is 1.72. The van der Waals surface area contributed by atoms with Gasteiger partial charge >= 0.3 is 5.97 Å². The Morgan fingerprint density at radius 1 is 1.23 bits per heavy atom. The zero-order chi connectivity index (χ0) is 15.8. The summed E-state index contributed by atoms with van der Waals surface area (Å²) in [7, 11) is 0. The highest BCUT2D eigenvalue weighted by atomic mass is 16.7. The summed E-state index contributed by atoms with van der Waals surface area (Å²) in [6.45, 7) is 0. The van der Waals surface area contributed by atoms with E-state index in [4.69, 9.17) is 0 Å². The molecule has 0 fully saturated rings. The molecule has 0 atom stereocenters. The van der Waals surface area contributed by atoms with Crippen molar-refractivity contribution < 1.29 is 19.2 Å². The fraction of sp³-hybridized carbons (Fsp3) is 0.267. The topological polar surface area (TPSA) is 100 Å². The first-order chi connectivity index (χ1) is 10.7. The van der Waals surface area contributed by atoms with Crippen molar-refractivity contribution in [1.29, 1.82) is 0 Å². The SMILES string of the molecule is O=CCCC(=O)ONNC(=O)CCc1c[nH]c2ccccc12. The molecule has 0 saturated heterocycles. The van der Waals surface area contributed by atoms with E-state index in [2.05, 4.69) is 20.8 Å². The number of nitrogens with one attached hydrogen (secondary N) is 3. The third-order valence-electron chi connectivity index (χ3n) is 3.12. The van der Waals surface area contributed by atoms with Crippen molar-refractivity contribution in [3.05, 3.63) is 36.0 Å². The lowest BCUT2D eigenvalue weighted by Gasteiger charge is -2.06. The minimum absolute atomic E-state index is 0.0261. The highest BCUT2D eigenvalue weighted by molar-refractivity contribution is 5.84. The maximum atomic E-state index is 11.6. The summed E-state index contributed by atoms with van der Waals surface area (Å²) >= 11 is 0. The lowest BCUT2D eigenvalue weighted by Crippen LogP contribution is -2.39. The van der Waals surface area contributed by atoms with E-state index in [0.717, 1.165) is 16.5 Å². The standard InChI is InChI=1S/C15H17N3O4/c19-9-3-6-15(21)22-18-17-14(20)8-7-11-10-16-13-5-2-1-4-12(11)13/h1-2,4-5,9-10,16,18H,3,6-8H2,(H,17,20). The molecule has 0 saturated carbocycles. The van der Waals surface area contributed by atoms with Crippen LogP contribution in [-0.4, -0.2) is 23.1 Å². The molecule has 2 aromatic rings. The van der Waals surface area contributed by atoms with Gasteiger partial charge in [-0.15, -0.1) is 0 Å². The number of H-pyrrole nitrogens is 1. The largest absolute Gasteiger partial charge is 0.361 e. The minimum atomic E-state index is -0.607. The predicted molar refractivity (Wildman–Crippen MR) is 79.3 cm³/mol. The van der Waals surface area contributed by atoms with Gasteiger partial charge in [0.2, 0.25) is 5.91 Å². The summed E-state index contributed by atoms with van der Waals surface area (Å²) in [5.41, 5.74) is 6.44. The van der Waals surface area contributed by atoms with Crippen molar-refractivity contribution in [1.82, 2.24) is 16.0 Å². The number of hydrogen-bond acceptors (Lipinski definition) is 5. The molecule has 0 aliphatic heterocycles. The summed E-state index contributed by atoms with van der Waals surface area (Å²) < 4.78 is 0. The molecule has 0 aliphatic rings. The molecule has 7 nitrogen and oxygen atoms in total. The smallest absolute Gasteiger partial charge is 0.327 e. The number of carbonyl (C=O) groups is 3. The molecule has 0 bridgehead atoms. The molecular weight excluding hydrogens is 286 g/mol. The predicted octanol–water partition coefficient (Wildman–Crippen LogP) is 1.16. The normalized spacial score (nSPS) is 10.4. The average Bonchev–Trinajstić information content (AvgIpc) is 2.94. The van der Waals surface area contributed by atoms with Crippen molar-refractivity contribution in [2.75, 3.05) is 0 Å². The van der Waals surface area contributed by atoms with E-state index in [1.807, 2.05) is 30.5 Å². The molecule has 22 heavy (non-hydrogen) atoms. The molecule has 0 radical (unpaired) electrons. The lowest BCUT2D eigenvalue weighted by molar-refractivity contribution is -0.155. The summed E-state index contributed by atoms with van der Waals surface area (Å²) in [6, 6.07) is 7.85. The van der Waals surface area contributed by atoms with Gasteiger partial charge in [-0.3, -0.25) is 15.0 Å². The highest BCUT2D eigenvalue weighted by Gasteiger charge is 2.07. The van der Waals surface area contributed by atoms with Crippen molar-refractivity contribution >= 4 is 29.1 Å². The summed E-state index contributed by atoms with van der Waals surface area (Å²) in [5, 5.41) is 1.09. The summed E-state index contributed by atoms with van der Waals surface area (Å²) in [4.78, 5) is 40.5. The Morgan fingerprint density at radius 2 is 2.05 bits per heavy atom. The van der Waals surface area contributed by atoms with Crippen LogP contribution in [0.5, 0.6) is 0 Å². The Bertz CT molecular complexity index is 666. The van der Waals surface area contributed by atoms with Crippen molar-refractivity contribution in [3.63, 3.8) is 0 Å². The molecule has 7 heteroatoms. The van der Waals surface area contributed by atoms with Gasteiger partial charge in [-0.2, -0.15) is 0 Å². The molecule has 3 N–H and O–H groups in total. The number of fused-ring (bicyclic) bond motifs is 1. The number of aromatic amines is 1. The minimum Gasteiger partial charge on any atom is -0.361 e. The second-order valence-electron chi connectivity index (χ2n) is 4.69. The van der Waals surface area contributed by atoms with Gasteiger partial charge in [-0.1, -0.05) is 23.8 Å². The third-order valence-corrected chi connectivity index (χ3v) is 3.12. The lowest BCUT2D eigenvalue weighted by atomic mass is 10.1. The molecule has 1 amide bonds. The van der Waals surface area contributed by atoms with E-state index in [-0.39, 0.29) is 25.2 Å². The second kappa shape index (κ2) is 7.94. The Kier molecular flexibility index (Phi) is 5.67. The van der Waals surface area contributed by atoms with Crippen molar-refractivity contribution in [2.24, 2.45) is 0 Å². The molecule has 1 heterocycles. The van der Waals surface area contributed by atoms with E-state index >= 15 is 0 Å². The van der Waals surface area contributed by atoms with Gasteiger partial charge < -0.3 is 14.6 Å². The van der Waals surface area contributed by atoms with Gasteiger partial charge in [0.1, 0.15) is 6.29 Å². The fourth-order valence-corrected chi connectivity index (χ4v) is 2.02. The molecule has 0 unspecified atom stereocenters. The van der Waals surface area contributed by atoms with Crippen LogP contribution in [0.4, 0.5) is 0 Å². The van der Waals surface area contributed by atoms with E-state index in [9.17, 15) is 14.4 Å². The van der Waals surface area contributed by atoms with Crippen LogP contribution < -0.4 is 11.0 Å². The number of hydrogen-bond donors (Lipinski definition) is 3. The van der Waals surface area contributed by atoms with Crippen LogP contribution in [0, 0.1) is 0 Å². The van der Waals surface area contributed by atoms with E-state index < -0.39 is 5.97 Å². The molecule has 1 aromatic heterocycles. The first-order valence-corrected chi connectivity index (χ1v) is 6.93. The van der Waals surface area contributed by atoms with Crippen LogP contribution in [0.25, 0.3) is 10.9 Å². The molecule has 0 aliphatic carbocycles. The van der Waals surface area contributed by atoms with Gasteiger partial charge in [0.05, 0.1) is 6.42 Å². The van der Waals surface area contributed by atoms with E-state index in [1.165, 1.54) is 0 Å². The van der Waals surface area contributed by atoms with Crippen LogP contribution in [0.1, 0.15) is 24.8 Å². The van der Waals surface area contributed by atoms with E-state index in [0.29, 0.717) is 12.7 Å². The zero-order valence-electron chi connectivity index (χ0n) is 11.9. The number of aryl methyl sites for hydroxylation is 1. The van der Waals surface area contributed by atoms with Gasteiger partial charge in [0, 0.05) is 29.9 Å². The van der Waals surface area contributed by atoms with Gasteiger partial charge in [-0.25, -0.2) is 0 Å². The summed E-state index contributed by atoms with van der Waals surface area (Å²) in [6.07, 6.45) is 3.39. The second-order valence-corrected chi connectivity index (χ2v) is 4.69. The first kappa shape index (κ1) is 15.7. The number of aromatic nitrogens is 1. The monoisotopic (exact) mass is 303 g/mol. The molecular formula is C15H17N3O4. The quantitative estimate of drug-likeness (QED) is 0.502. The van der Waals surface area contributed by atoms with Crippen LogP contribution in [-0.2, 0) is 25.6 Å². The number of rotatable bonds is 8. The average molecular weight is 303 g/mol. The number of para-hydroxylation sites is 1. The maximum Gasteiger partial charge on any atom is 0.327 e. The molecule has 116 valence electrons. The number of aldehydes is 1. The van der Waals surface area contributed by atoms with Gasteiger partial charge in [-0.05, 0) is 18.1 Å². The van der Waals surface area contributed by atoms with Crippen molar-refractivity contribution in [2.45, 2.75) is 25.7 Å². The zero-order valence-corrected chi connectivity index (χ0v) is 11.9. The first-order valence-electron chi connectivity index (χ1n) is 6.93. The molecule has 1 aromatic carbocycles. The number of amides is 1. The third kappa shape index (κ3) is 4.42. The van der Waals surface area contributed by atoms with Crippen LogP contribution in [0.3, 0.4) is 0 Å². The fourth-order valence-electron chi connectivity index (χ4n) is 2.02. The molecule has 2 rings (SSSR count). The van der Waals surface area contributed by atoms with Crippen LogP contribution in [0.2, 0.25) is 0 Å². The number of benzene rings is 1. The Hall–Kier alpha value is -2.67. The van der Waals surface area contributed by atoms with Gasteiger partial charge in [0.25, 0.3) is 0 Å². The number of hydrazine groups is 1. The van der Waals surface area contributed by atoms with Crippen LogP contribution in [0.15, 0.2) is 30.5 Å². The van der Waals surface area contributed by atoms with Gasteiger partial charge in [0.15, 0.2) is 0 Å². The van der Waals surface area contributed by atoms with E-state index in [1.54, 1.807) is 0 Å². The van der Waals surface area contributed by atoms with Crippen LogP contribution >= 0.6 is 0 Å². The highest BCUT2D eigenvalue weighted by Crippen LogP contribution is 2.18. The Labute approximate surface area is 126 Å². The molecule has 0 spiro atoms. The summed E-state index contributed by atoms with van der Waals surface area (Å²) in [5.74, 6) is -0.905. The Morgan fingerprint density at radius 3 is 2.86 bits per heavy atom.